The van der Waals surface area contributed by atoms with E-state index in [0.717, 1.165) is 37.3 Å². The molecule has 0 radical (unpaired) electrons. The lowest BCUT2D eigenvalue weighted by molar-refractivity contribution is 0.381. The average Bonchev–Trinajstić information content (AvgIpc) is 2.71. The number of aromatic nitrogens is 2. The molecule has 1 aromatic heterocycles. The van der Waals surface area contributed by atoms with E-state index in [1.165, 1.54) is 11.1 Å². The minimum atomic E-state index is 0.716. The minimum Gasteiger partial charge on any atom is -0.330 e. The second-order valence-corrected chi connectivity index (χ2v) is 5.24. The first kappa shape index (κ1) is 14.0. The lowest BCUT2D eigenvalue weighted by Crippen LogP contribution is -2.16. The van der Waals surface area contributed by atoms with Crippen molar-refractivity contribution in [3.8, 4) is 0 Å². The summed E-state index contributed by atoms with van der Waals surface area (Å²) in [6.07, 6.45) is 2.04. The molecular formula is C15H24N4. The predicted octanol–water partition coefficient (Wildman–Crippen LogP) is 2.01. The quantitative estimate of drug-likeness (QED) is 0.864. The fourth-order valence-electron chi connectivity index (χ4n) is 2.35. The highest BCUT2D eigenvalue weighted by molar-refractivity contribution is 5.77. The Morgan fingerprint density at radius 3 is 2.74 bits per heavy atom. The SMILES string of the molecule is CCc1ccc2c(c1)nc(CN(C)C)n2CCCN. The average molecular weight is 260 g/mol. The molecule has 0 aliphatic carbocycles. The number of rotatable bonds is 6. The van der Waals surface area contributed by atoms with Gasteiger partial charge in [0.25, 0.3) is 0 Å². The summed E-state index contributed by atoms with van der Waals surface area (Å²) in [7, 11) is 4.15. The van der Waals surface area contributed by atoms with E-state index in [1.807, 2.05) is 0 Å². The second-order valence-electron chi connectivity index (χ2n) is 5.24. The molecule has 0 aliphatic heterocycles. The summed E-state index contributed by atoms with van der Waals surface area (Å²) in [6.45, 7) is 4.70. The molecule has 0 amide bonds. The zero-order valence-electron chi connectivity index (χ0n) is 12.2. The lowest BCUT2D eigenvalue weighted by atomic mass is 10.1. The maximum Gasteiger partial charge on any atom is 0.124 e. The first-order valence-corrected chi connectivity index (χ1v) is 6.98. The van der Waals surface area contributed by atoms with Crippen molar-refractivity contribution >= 4 is 11.0 Å². The van der Waals surface area contributed by atoms with Crippen molar-refractivity contribution < 1.29 is 0 Å². The van der Waals surface area contributed by atoms with Crippen molar-refractivity contribution in [2.24, 2.45) is 5.73 Å². The Labute approximate surface area is 115 Å². The van der Waals surface area contributed by atoms with Gasteiger partial charge in [-0.1, -0.05) is 13.0 Å². The summed E-state index contributed by atoms with van der Waals surface area (Å²) in [6, 6.07) is 6.59. The molecule has 1 heterocycles. The van der Waals surface area contributed by atoms with Crippen LogP contribution in [0.2, 0.25) is 0 Å². The predicted molar refractivity (Wildman–Crippen MR) is 80.2 cm³/mol. The summed E-state index contributed by atoms with van der Waals surface area (Å²) in [5.41, 5.74) is 9.31. The third kappa shape index (κ3) is 3.14. The van der Waals surface area contributed by atoms with Crippen LogP contribution in [0.5, 0.6) is 0 Å². The smallest absolute Gasteiger partial charge is 0.124 e. The Balaban J connectivity index is 2.45. The van der Waals surface area contributed by atoms with Crippen LogP contribution < -0.4 is 5.73 Å². The highest BCUT2D eigenvalue weighted by Crippen LogP contribution is 2.19. The van der Waals surface area contributed by atoms with Gasteiger partial charge in [0.2, 0.25) is 0 Å². The molecule has 19 heavy (non-hydrogen) atoms. The van der Waals surface area contributed by atoms with Gasteiger partial charge in [0.15, 0.2) is 0 Å². The van der Waals surface area contributed by atoms with Gasteiger partial charge in [0.05, 0.1) is 17.6 Å². The van der Waals surface area contributed by atoms with E-state index < -0.39 is 0 Å². The van der Waals surface area contributed by atoms with Crippen LogP contribution in [0.3, 0.4) is 0 Å². The number of benzene rings is 1. The van der Waals surface area contributed by atoms with Gasteiger partial charge in [0, 0.05) is 6.54 Å². The van der Waals surface area contributed by atoms with Gasteiger partial charge in [-0.2, -0.15) is 0 Å². The van der Waals surface area contributed by atoms with Crippen molar-refractivity contribution in [3.63, 3.8) is 0 Å². The summed E-state index contributed by atoms with van der Waals surface area (Å²) in [5, 5.41) is 0. The van der Waals surface area contributed by atoms with Gasteiger partial charge in [-0.3, -0.25) is 0 Å². The van der Waals surface area contributed by atoms with Crippen molar-refractivity contribution in [1.29, 1.82) is 0 Å². The molecule has 0 bridgehead atoms. The number of nitrogens with two attached hydrogens (primary N) is 1. The maximum atomic E-state index is 5.64. The standard InChI is InChI=1S/C15H24N4/c1-4-12-6-7-14-13(10-12)17-15(11-18(2)3)19(14)9-5-8-16/h6-7,10H,4-5,8-9,11,16H2,1-3H3. The minimum absolute atomic E-state index is 0.716. The number of imidazole rings is 1. The van der Waals surface area contributed by atoms with Gasteiger partial charge in [0.1, 0.15) is 5.82 Å². The molecule has 0 unspecified atom stereocenters. The van der Waals surface area contributed by atoms with Crippen LogP contribution in [0.4, 0.5) is 0 Å². The normalized spacial score (nSPS) is 11.6. The van der Waals surface area contributed by atoms with E-state index in [0.29, 0.717) is 6.54 Å². The molecule has 0 fully saturated rings. The van der Waals surface area contributed by atoms with Crippen molar-refractivity contribution in [1.82, 2.24) is 14.5 Å². The third-order valence-corrected chi connectivity index (χ3v) is 3.34. The highest BCUT2D eigenvalue weighted by atomic mass is 15.2. The maximum absolute atomic E-state index is 5.64. The van der Waals surface area contributed by atoms with Crippen LogP contribution in [-0.2, 0) is 19.5 Å². The van der Waals surface area contributed by atoms with E-state index in [2.05, 4.69) is 48.7 Å². The lowest BCUT2D eigenvalue weighted by Gasteiger charge is -2.12. The summed E-state index contributed by atoms with van der Waals surface area (Å²) in [5.74, 6) is 1.13. The number of hydrogen-bond donors (Lipinski definition) is 1. The molecule has 4 nitrogen and oxygen atoms in total. The molecule has 0 saturated heterocycles. The topological polar surface area (TPSA) is 47.1 Å². The molecule has 0 saturated carbocycles. The molecule has 4 heteroatoms. The van der Waals surface area contributed by atoms with Gasteiger partial charge < -0.3 is 15.2 Å². The van der Waals surface area contributed by atoms with Gasteiger partial charge in [-0.05, 0) is 51.2 Å². The Bertz CT molecular complexity index is 542. The Morgan fingerprint density at radius 1 is 1.32 bits per heavy atom. The molecule has 1 aromatic carbocycles. The van der Waals surface area contributed by atoms with Crippen LogP contribution in [-0.4, -0.2) is 35.1 Å². The van der Waals surface area contributed by atoms with E-state index in [4.69, 9.17) is 10.7 Å². The third-order valence-electron chi connectivity index (χ3n) is 3.34. The van der Waals surface area contributed by atoms with Crippen LogP contribution in [0.25, 0.3) is 11.0 Å². The number of fused-ring (bicyclic) bond motifs is 1. The second kappa shape index (κ2) is 6.17. The molecule has 2 aromatic rings. The van der Waals surface area contributed by atoms with Crippen molar-refractivity contribution in [2.45, 2.75) is 32.9 Å². The summed E-state index contributed by atoms with van der Waals surface area (Å²) < 4.78 is 2.31. The monoisotopic (exact) mass is 260 g/mol. The molecule has 0 aliphatic rings. The van der Waals surface area contributed by atoms with Crippen LogP contribution in [0, 0.1) is 0 Å². The highest BCUT2D eigenvalue weighted by Gasteiger charge is 2.11. The number of hydrogen-bond acceptors (Lipinski definition) is 3. The molecule has 2 N–H and O–H groups in total. The van der Waals surface area contributed by atoms with Gasteiger partial charge >= 0.3 is 0 Å². The largest absolute Gasteiger partial charge is 0.330 e. The molecule has 2 rings (SSSR count). The first-order valence-electron chi connectivity index (χ1n) is 6.98. The molecule has 0 atom stereocenters. The van der Waals surface area contributed by atoms with E-state index >= 15 is 0 Å². The Morgan fingerprint density at radius 2 is 2.11 bits per heavy atom. The van der Waals surface area contributed by atoms with Gasteiger partial charge in [-0.25, -0.2) is 4.98 Å². The first-order chi connectivity index (χ1) is 9.15. The van der Waals surface area contributed by atoms with E-state index in [-0.39, 0.29) is 0 Å². The molecule has 104 valence electrons. The van der Waals surface area contributed by atoms with E-state index in [9.17, 15) is 0 Å². The van der Waals surface area contributed by atoms with Crippen LogP contribution >= 0.6 is 0 Å². The van der Waals surface area contributed by atoms with Gasteiger partial charge in [-0.15, -0.1) is 0 Å². The van der Waals surface area contributed by atoms with Crippen molar-refractivity contribution in [3.05, 3.63) is 29.6 Å². The Hall–Kier alpha value is -1.39. The molecule has 0 spiro atoms. The van der Waals surface area contributed by atoms with Crippen molar-refractivity contribution in [2.75, 3.05) is 20.6 Å². The van der Waals surface area contributed by atoms with E-state index in [1.54, 1.807) is 0 Å². The zero-order chi connectivity index (χ0) is 13.8. The Kier molecular flexibility index (Phi) is 4.56. The van der Waals surface area contributed by atoms with Crippen LogP contribution in [0.1, 0.15) is 24.7 Å². The zero-order valence-corrected chi connectivity index (χ0v) is 12.2. The molecular weight excluding hydrogens is 236 g/mol. The number of aryl methyl sites for hydroxylation is 2. The number of nitrogens with zero attached hydrogens (tertiary/aromatic N) is 3. The summed E-state index contributed by atoms with van der Waals surface area (Å²) in [4.78, 5) is 6.95. The van der Waals surface area contributed by atoms with Crippen LogP contribution in [0.15, 0.2) is 18.2 Å². The fourth-order valence-corrected chi connectivity index (χ4v) is 2.35. The fraction of sp³-hybridized carbons (Fsp3) is 0.533. The summed E-state index contributed by atoms with van der Waals surface area (Å²) >= 11 is 0.